The van der Waals surface area contributed by atoms with Gasteiger partial charge in [0.1, 0.15) is 21.7 Å². The van der Waals surface area contributed by atoms with Gasteiger partial charge in [-0.25, -0.2) is 9.97 Å². The first-order chi connectivity index (χ1) is 37.0. The van der Waals surface area contributed by atoms with Crippen molar-refractivity contribution >= 4 is 58.9 Å². The van der Waals surface area contributed by atoms with Crippen LogP contribution in [0.2, 0.25) is 0 Å². The molecule has 2 aromatic rings. The van der Waals surface area contributed by atoms with Crippen molar-refractivity contribution in [1.82, 2.24) is 20.6 Å². The molecule has 2 aliphatic heterocycles. The van der Waals surface area contributed by atoms with E-state index in [1.807, 2.05) is 24.3 Å². The topological polar surface area (TPSA) is 184 Å². The number of hydrogen-bond donors (Lipinski definition) is 4. The van der Waals surface area contributed by atoms with Crippen LogP contribution in [0.4, 0.5) is 29.2 Å². The fourth-order valence-electron chi connectivity index (χ4n) is 16.7. The van der Waals surface area contributed by atoms with E-state index < -0.39 is 36.4 Å². The second kappa shape index (κ2) is 23.3. The molecule has 4 heterocycles. The third-order valence-electron chi connectivity index (χ3n) is 19.4. The molecule has 4 unspecified atom stereocenters. The molecule has 0 radical (unpaired) electrons. The largest absolute Gasteiger partial charge is 0.481 e. The summed E-state index contributed by atoms with van der Waals surface area (Å²) in [6, 6.07) is 7.50. The number of alkyl halides is 4. The molecule has 6 atom stereocenters. The average molecular weight is 1110 g/mol. The lowest BCUT2D eigenvalue weighted by atomic mass is 9.52. The molecule has 14 nitrogen and oxygen atoms in total. The number of nitrogens with one attached hydrogen (secondary N) is 2. The molecular formula is C57H76F4N6O8S2. The highest BCUT2D eigenvalue weighted by atomic mass is 32.2. The van der Waals surface area contributed by atoms with Crippen molar-refractivity contribution in [3.63, 3.8) is 0 Å². The van der Waals surface area contributed by atoms with Gasteiger partial charge in [-0.15, -0.1) is 23.5 Å². The van der Waals surface area contributed by atoms with Gasteiger partial charge in [0.15, 0.2) is 0 Å². The van der Waals surface area contributed by atoms with Crippen LogP contribution >= 0.6 is 23.5 Å². The van der Waals surface area contributed by atoms with Crippen molar-refractivity contribution in [3.05, 3.63) is 35.4 Å². The third-order valence-corrected chi connectivity index (χ3v) is 22.1. The van der Waals surface area contributed by atoms with E-state index in [0.29, 0.717) is 85.1 Å². The number of anilines is 2. The molecule has 2 aromatic heterocycles. The summed E-state index contributed by atoms with van der Waals surface area (Å²) in [6.07, 6.45) is 19.8. The molecule has 422 valence electrons. The number of piperidine rings is 1. The first-order valence-electron chi connectivity index (χ1n) is 28.9. The number of aromatic nitrogens is 2. The maximum absolute atomic E-state index is 13.8. The molecule has 8 bridgehead atoms. The van der Waals surface area contributed by atoms with Crippen molar-refractivity contribution < 1.29 is 56.4 Å². The lowest BCUT2D eigenvalue weighted by molar-refractivity contribution is -0.260. The summed E-state index contributed by atoms with van der Waals surface area (Å²) in [5.41, 5.74) is -0.292. The van der Waals surface area contributed by atoms with Gasteiger partial charge in [-0.2, -0.15) is 17.6 Å². The number of amides is 2. The Hall–Kier alpha value is -3.88. The van der Waals surface area contributed by atoms with Crippen molar-refractivity contribution in [1.29, 1.82) is 0 Å². The maximum atomic E-state index is 13.8. The third kappa shape index (κ3) is 12.7. The number of carbonyl (C=O) groups is 4. The van der Waals surface area contributed by atoms with Gasteiger partial charge in [0, 0.05) is 61.6 Å². The summed E-state index contributed by atoms with van der Waals surface area (Å²) in [5, 5.41) is 27.5. The van der Waals surface area contributed by atoms with Gasteiger partial charge in [-0.05, 0) is 181 Å². The standard InChI is InChI=1S/C29H39F2N3O4S.C28H37F2N3O4S/c30-28(31)38-29-13-18-10-19(14-29)25(20(11-18)15-29)33-26(37)22-7-8-23(32-27(22)39-21-5-1-2-6-21)34-9-3-4-17(16-34)12-24(35)36;29-27(30)37-28-12-17-9-18(13-28)24(19(10-17)14-28)32-25(36)21-5-6-22(31-26(21)38-20-3-1-2-4-20)33-8-7-16(15-33)11-23(34)35/h7-8,17-21,25,28H,1-6,9-16H2,(H,33,37)(H,35,36);5-6,16-20,24,27H,1-4,7-15H2,(H,32,36)(H,34,35)/t17-,18?,19?,20?,25?,29?;16-,17?,18?,19?,24?,28?/m00/s1. The lowest BCUT2D eigenvalue weighted by Gasteiger charge is -2.59. The van der Waals surface area contributed by atoms with Crippen LogP contribution in [0.3, 0.4) is 0 Å². The SMILES string of the molecule is O=C(O)C[C@@H]1CCCN(c2ccc(C(=O)NC3C4CC5CC3CC(OC(F)F)(C5)C4)c(SC3CCCC3)n2)C1.O=C(O)C[C@@H]1CCN(c2ccc(C(=O)NC3C4CC5CC3CC(OC(F)F)(C5)C4)c(SC3CCCC3)n2)C1. The van der Waals surface area contributed by atoms with Crippen LogP contribution in [0.25, 0.3) is 0 Å². The van der Waals surface area contributed by atoms with Crippen LogP contribution in [0.5, 0.6) is 0 Å². The van der Waals surface area contributed by atoms with Crippen LogP contribution in [0.1, 0.15) is 168 Å². The molecule has 0 spiro atoms. The predicted molar refractivity (Wildman–Crippen MR) is 284 cm³/mol. The molecule has 77 heavy (non-hydrogen) atoms. The van der Waals surface area contributed by atoms with E-state index in [-0.39, 0.29) is 72.2 Å². The number of carboxylic acids is 2. The van der Waals surface area contributed by atoms with Gasteiger partial charge in [0.25, 0.3) is 11.8 Å². The van der Waals surface area contributed by atoms with Crippen LogP contribution < -0.4 is 20.4 Å². The Morgan fingerprint density at radius 1 is 0.571 bits per heavy atom. The fraction of sp³-hybridized carbons (Fsp3) is 0.754. The number of rotatable bonds is 18. The molecule has 14 rings (SSSR count). The van der Waals surface area contributed by atoms with Gasteiger partial charge in [0.2, 0.25) is 0 Å². The Balaban J connectivity index is 0.000000164. The number of halogens is 4. The Bertz CT molecular complexity index is 2450. The number of carboxylic acid groups (broad SMARTS) is 2. The predicted octanol–water partition coefficient (Wildman–Crippen LogP) is 11.1. The normalized spacial score (nSPS) is 34.3. The van der Waals surface area contributed by atoms with E-state index in [0.717, 1.165) is 105 Å². The summed E-state index contributed by atoms with van der Waals surface area (Å²) in [4.78, 5) is 64.2. The van der Waals surface area contributed by atoms with Gasteiger partial charge >= 0.3 is 25.2 Å². The van der Waals surface area contributed by atoms with E-state index in [1.165, 1.54) is 25.7 Å². The molecule has 4 N–H and O–H groups in total. The second-order valence-corrected chi connectivity index (χ2v) is 27.5. The summed E-state index contributed by atoms with van der Waals surface area (Å²) < 4.78 is 63.1. The highest BCUT2D eigenvalue weighted by molar-refractivity contribution is 8.00. The minimum atomic E-state index is -2.76. The van der Waals surface area contributed by atoms with Crippen LogP contribution in [-0.4, -0.2) is 117 Å². The smallest absolute Gasteiger partial charge is 0.345 e. The quantitative estimate of drug-likeness (QED) is 0.103. The van der Waals surface area contributed by atoms with Crippen LogP contribution in [-0.2, 0) is 19.1 Å². The van der Waals surface area contributed by atoms with Crippen molar-refractivity contribution in [2.75, 3.05) is 36.0 Å². The number of carbonyl (C=O) groups excluding carboxylic acids is 2. The second-order valence-electron chi connectivity index (χ2n) is 24.9. The average Bonchev–Trinajstić information content (AvgIpc) is 4.23. The molecule has 12 fully saturated rings. The van der Waals surface area contributed by atoms with E-state index in [4.69, 9.17) is 19.4 Å². The number of nitrogens with zero attached hydrogens (tertiary/aromatic N) is 4. The van der Waals surface area contributed by atoms with Gasteiger partial charge in [-0.3, -0.25) is 19.2 Å². The zero-order valence-corrected chi connectivity index (χ0v) is 45.6. The lowest BCUT2D eigenvalue weighted by Crippen LogP contribution is -2.62. The zero-order valence-electron chi connectivity index (χ0n) is 43.9. The van der Waals surface area contributed by atoms with Crippen molar-refractivity contribution in [3.8, 4) is 0 Å². The van der Waals surface area contributed by atoms with Crippen LogP contribution in [0, 0.1) is 47.3 Å². The van der Waals surface area contributed by atoms with Gasteiger partial charge in [0.05, 0.1) is 22.3 Å². The number of pyridine rings is 2. The molecule has 20 heteroatoms. The molecule has 10 aliphatic carbocycles. The Kier molecular flexibility index (Phi) is 16.7. The summed E-state index contributed by atoms with van der Waals surface area (Å²) in [5.74, 6) is 1.48. The van der Waals surface area contributed by atoms with Gasteiger partial charge in [-0.1, -0.05) is 25.7 Å². The Morgan fingerprint density at radius 2 is 0.974 bits per heavy atom. The highest BCUT2D eigenvalue weighted by Gasteiger charge is 2.59. The fourth-order valence-corrected chi connectivity index (χ4v) is 19.3. The van der Waals surface area contributed by atoms with Crippen molar-refractivity contribution in [2.45, 2.75) is 205 Å². The number of ether oxygens (including phenoxy) is 2. The first-order valence-corrected chi connectivity index (χ1v) is 30.6. The summed E-state index contributed by atoms with van der Waals surface area (Å²) in [7, 11) is 0. The highest BCUT2D eigenvalue weighted by Crippen LogP contribution is 2.59. The summed E-state index contributed by atoms with van der Waals surface area (Å²) >= 11 is 3.39. The summed E-state index contributed by atoms with van der Waals surface area (Å²) in [6.45, 7) is -2.60. The Morgan fingerprint density at radius 3 is 1.38 bits per heavy atom. The minimum Gasteiger partial charge on any atom is -0.481 e. The van der Waals surface area contributed by atoms with E-state index in [1.54, 1.807) is 23.5 Å². The molecule has 10 saturated carbocycles. The number of hydrogen-bond acceptors (Lipinski definition) is 12. The van der Waals surface area contributed by atoms with Crippen LogP contribution in [0.15, 0.2) is 34.3 Å². The molecule has 2 amide bonds. The van der Waals surface area contributed by atoms with E-state index in [2.05, 4.69) is 20.4 Å². The Labute approximate surface area is 457 Å². The van der Waals surface area contributed by atoms with E-state index >= 15 is 0 Å². The minimum absolute atomic E-state index is 0.0205. The van der Waals surface area contributed by atoms with E-state index in [9.17, 15) is 47.0 Å². The zero-order chi connectivity index (χ0) is 53.6. The van der Waals surface area contributed by atoms with Crippen molar-refractivity contribution in [2.24, 2.45) is 47.3 Å². The molecular weight excluding hydrogens is 1040 g/mol. The maximum Gasteiger partial charge on any atom is 0.345 e. The van der Waals surface area contributed by atoms with Gasteiger partial charge < -0.3 is 40.1 Å². The number of thioether (sulfide) groups is 2. The first kappa shape index (κ1) is 55.0. The number of aliphatic carboxylic acids is 2. The monoisotopic (exact) mass is 1110 g/mol. The molecule has 0 aromatic carbocycles. The molecule has 2 saturated heterocycles. The molecule has 12 aliphatic rings.